The van der Waals surface area contributed by atoms with Crippen LogP contribution < -0.4 is 10.2 Å². The van der Waals surface area contributed by atoms with Crippen molar-refractivity contribution < 1.29 is 4.79 Å². The summed E-state index contributed by atoms with van der Waals surface area (Å²) in [5.41, 5.74) is 1.32. The molecule has 0 bridgehead atoms. The van der Waals surface area contributed by atoms with E-state index in [0.717, 1.165) is 71.4 Å². The SMILES string of the molecule is CCNC(=NCC(C)N1CCN(c2ccccc2)CC1)N1CCN(C(C)=O)CC1. The summed E-state index contributed by atoms with van der Waals surface area (Å²) in [6.45, 7) is 15.2. The summed E-state index contributed by atoms with van der Waals surface area (Å²) in [6.07, 6.45) is 0. The summed E-state index contributed by atoms with van der Waals surface area (Å²) >= 11 is 0. The molecular weight excluding hydrogens is 364 g/mol. The lowest BCUT2D eigenvalue weighted by molar-refractivity contribution is -0.130. The van der Waals surface area contributed by atoms with Gasteiger partial charge in [-0.15, -0.1) is 0 Å². The van der Waals surface area contributed by atoms with E-state index in [1.807, 2.05) is 4.90 Å². The number of hydrogen-bond donors (Lipinski definition) is 1. The molecule has 2 heterocycles. The first kappa shape index (κ1) is 21.4. The second-order valence-electron chi connectivity index (χ2n) is 7.90. The molecule has 0 radical (unpaired) electrons. The molecule has 1 aromatic rings. The molecule has 1 aromatic carbocycles. The number of carbonyl (C=O) groups excluding carboxylic acids is 1. The topological polar surface area (TPSA) is 54.4 Å². The molecule has 0 saturated carbocycles. The lowest BCUT2D eigenvalue weighted by Gasteiger charge is -2.39. The predicted molar refractivity (Wildman–Crippen MR) is 119 cm³/mol. The number of piperazine rings is 2. The molecule has 2 aliphatic heterocycles. The molecule has 160 valence electrons. The van der Waals surface area contributed by atoms with Gasteiger partial charge < -0.3 is 20.0 Å². The van der Waals surface area contributed by atoms with Gasteiger partial charge in [0.2, 0.25) is 5.91 Å². The first-order chi connectivity index (χ1) is 14.1. The fraction of sp³-hybridized carbons (Fsp3) is 0.636. The Morgan fingerprint density at radius 3 is 2.21 bits per heavy atom. The number of hydrogen-bond acceptors (Lipinski definition) is 4. The minimum atomic E-state index is 0.162. The molecule has 2 aliphatic rings. The summed E-state index contributed by atoms with van der Waals surface area (Å²) in [4.78, 5) is 25.7. The Morgan fingerprint density at radius 1 is 1.00 bits per heavy atom. The first-order valence-corrected chi connectivity index (χ1v) is 10.9. The Labute approximate surface area is 175 Å². The highest BCUT2D eigenvalue weighted by Crippen LogP contribution is 2.16. The van der Waals surface area contributed by atoms with Gasteiger partial charge in [0.25, 0.3) is 0 Å². The average Bonchev–Trinajstić information content (AvgIpc) is 2.77. The molecule has 2 saturated heterocycles. The predicted octanol–water partition coefficient (Wildman–Crippen LogP) is 1.33. The van der Waals surface area contributed by atoms with Crippen molar-refractivity contribution in [2.45, 2.75) is 26.8 Å². The summed E-state index contributed by atoms with van der Waals surface area (Å²) in [5, 5.41) is 3.43. The van der Waals surface area contributed by atoms with E-state index in [1.165, 1.54) is 5.69 Å². The van der Waals surface area contributed by atoms with Crippen molar-refractivity contribution in [1.29, 1.82) is 0 Å². The van der Waals surface area contributed by atoms with Crippen molar-refractivity contribution in [2.75, 3.05) is 70.3 Å². The number of aliphatic imine (C=N–C) groups is 1. The third-order valence-corrected chi connectivity index (χ3v) is 5.92. The Balaban J connectivity index is 1.50. The highest BCUT2D eigenvalue weighted by Gasteiger charge is 2.23. The monoisotopic (exact) mass is 400 g/mol. The van der Waals surface area contributed by atoms with Gasteiger partial charge in [-0.3, -0.25) is 14.7 Å². The molecule has 7 heteroatoms. The Hall–Kier alpha value is -2.28. The molecule has 2 fully saturated rings. The van der Waals surface area contributed by atoms with Gasteiger partial charge in [-0.2, -0.15) is 0 Å². The average molecular weight is 401 g/mol. The maximum absolute atomic E-state index is 11.6. The minimum absolute atomic E-state index is 0.162. The zero-order valence-electron chi connectivity index (χ0n) is 18.2. The molecule has 1 N–H and O–H groups in total. The summed E-state index contributed by atoms with van der Waals surface area (Å²) in [6, 6.07) is 11.1. The van der Waals surface area contributed by atoms with E-state index in [2.05, 4.69) is 64.2 Å². The number of rotatable bonds is 5. The van der Waals surface area contributed by atoms with E-state index in [4.69, 9.17) is 4.99 Å². The van der Waals surface area contributed by atoms with Gasteiger partial charge in [-0.05, 0) is 26.0 Å². The number of anilines is 1. The number of nitrogens with zero attached hydrogens (tertiary/aromatic N) is 5. The van der Waals surface area contributed by atoms with E-state index < -0.39 is 0 Å². The van der Waals surface area contributed by atoms with Gasteiger partial charge in [-0.25, -0.2) is 0 Å². The van der Waals surface area contributed by atoms with E-state index in [9.17, 15) is 4.79 Å². The van der Waals surface area contributed by atoms with E-state index in [0.29, 0.717) is 6.04 Å². The third-order valence-electron chi connectivity index (χ3n) is 5.92. The molecule has 7 nitrogen and oxygen atoms in total. The largest absolute Gasteiger partial charge is 0.369 e. The number of nitrogens with one attached hydrogen (secondary N) is 1. The molecule has 29 heavy (non-hydrogen) atoms. The molecule has 1 unspecified atom stereocenters. The van der Waals surface area contributed by atoms with Crippen LogP contribution in [0.2, 0.25) is 0 Å². The highest BCUT2D eigenvalue weighted by atomic mass is 16.2. The smallest absolute Gasteiger partial charge is 0.219 e. The molecule has 0 spiro atoms. The van der Waals surface area contributed by atoms with Crippen molar-refractivity contribution in [2.24, 2.45) is 4.99 Å². The lowest BCUT2D eigenvalue weighted by atomic mass is 10.2. The summed E-state index contributed by atoms with van der Waals surface area (Å²) < 4.78 is 0. The summed E-state index contributed by atoms with van der Waals surface area (Å²) in [7, 11) is 0. The van der Waals surface area contributed by atoms with Gasteiger partial charge in [0.1, 0.15) is 0 Å². The van der Waals surface area contributed by atoms with Crippen molar-refractivity contribution in [1.82, 2.24) is 20.0 Å². The van der Waals surface area contributed by atoms with Crippen LogP contribution in [-0.4, -0.2) is 98.1 Å². The minimum Gasteiger partial charge on any atom is -0.369 e. The van der Waals surface area contributed by atoms with Gasteiger partial charge in [0.15, 0.2) is 5.96 Å². The number of benzene rings is 1. The van der Waals surface area contributed by atoms with E-state index in [-0.39, 0.29) is 5.91 Å². The van der Waals surface area contributed by atoms with Gasteiger partial charge >= 0.3 is 0 Å². The first-order valence-electron chi connectivity index (χ1n) is 10.9. The lowest BCUT2D eigenvalue weighted by Crippen LogP contribution is -2.54. The van der Waals surface area contributed by atoms with Crippen molar-refractivity contribution in [3.8, 4) is 0 Å². The number of carbonyl (C=O) groups is 1. The molecule has 3 rings (SSSR count). The number of amides is 1. The van der Waals surface area contributed by atoms with Crippen LogP contribution in [0.5, 0.6) is 0 Å². The number of guanidine groups is 1. The Bertz CT molecular complexity index is 663. The quantitative estimate of drug-likeness (QED) is 0.597. The normalized spacial score (nSPS) is 20.0. The van der Waals surface area contributed by atoms with Crippen LogP contribution >= 0.6 is 0 Å². The maximum Gasteiger partial charge on any atom is 0.219 e. The zero-order chi connectivity index (χ0) is 20.6. The van der Waals surface area contributed by atoms with Crippen LogP contribution in [0, 0.1) is 0 Å². The van der Waals surface area contributed by atoms with E-state index >= 15 is 0 Å². The second-order valence-corrected chi connectivity index (χ2v) is 7.90. The van der Waals surface area contributed by atoms with Crippen molar-refractivity contribution in [3.63, 3.8) is 0 Å². The maximum atomic E-state index is 11.6. The van der Waals surface area contributed by atoms with Gasteiger partial charge in [0, 0.05) is 77.6 Å². The molecule has 0 aromatic heterocycles. The Morgan fingerprint density at radius 2 is 1.62 bits per heavy atom. The third kappa shape index (κ3) is 5.85. The van der Waals surface area contributed by atoms with Crippen LogP contribution in [0.25, 0.3) is 0 Å². The van der Waals surface area contributed by atoms with Crippen molar-refractivity contribution >= 4 is 17.6 Å². The molecule has 1 amide bonds. The van der Waals surface area contributed by atoms with Gasteiger partial charge in [0.05, 0.1) is 6.54 Å². The van der Waals surface area contributed by atoms with Crippen LogP contribution in [0.3, 0.4) is 0 Å². The number of para-hydroxylation sites is 1. The Kier molecular flexibility index (Phi) is 7.75. The van der Waals surface area contributed by atoms with Crippen LogP contribution in [-0.2, 0) is 4.79 Å². The standard InChI is InChI=1S/C22H36N6O/c1-4-23-22(28-16-12-26(13-17-28)20(3)29)24-18-19(2)25-10-14-27(15-11-25)21-8-6-5-7-9-21/h5-9,19H,4,10-18H2,1-3H3,(H,23,24). The van der Waals surface area contributed by atoms with Crippen LogP contribution in [0.4, 0.5) is 5.69 Å². The second kappa shape index (κ2) is 10.5. The van der Waals surface area contributed by atoms with Gasteiger partial charge in [-0.1, -0.05) is 18.2 Å². The van der Waals surface area contributed by atoms with Crippen LogP contribution in [0.15, 0.2) is 35.3 Å². The zero-order valence-corrected chi connectivity index (χ0v) is 18.2. The fourth-order valence-corrected chi connectivity index (χ4v) is 4.05. The van der Waals surface area contributed by atoms with E-state index in [1.54, 1.807) is 6.92 Å². The fourth-order valence-electron chi connectivity index (χ4n) is 4.05. The molecule has 0 aliphatic carbocycles. The van der Waals surface area contributed by atoms with Crippen LogP contribution in [0.1, 0.15) is 20.8 Å². The van der Waals surface area contributed by atoms with Crippen molar-refractivity contribution in [3.05, 3.63) is 30.3 Å². The molecule has 1 atom stereocenters. The molecular formula is C22H36N6O. The highest BCUT2D eigenvalue weighted by molar-refractivity contribution is 5.80. The summed E-state index contributed by atoms with van der Waals surface area (Å²) in [5.74, 6) is 1.14.